The predicted molar refractivity (Wildman–Crippen MR) is 99.0 cm³/mol. The lowest BCUT2D eigenvalue weighted by Gasteiger charge is -2.08. The van der Waals surface area contributed by atoms with Crippen molar-refractivity contribution >= 4 is 22.6 Å². The Hall–Kier alpha value is -3.68. The fourth-order valence-corrected chi connectivity index (χ4v) is 2.95. The van der Waals surface area contributed by atoms with E-state index in [4.69, 9.17) is 0 Å². The van der Waals surface area contributed by atoms with E-state index in [-0.39, 0.29) is 11.6 Å². The van der Waals surface area contributed by atoms with E-state index in [9.17, 15) is 4.79 Å². The van der Waals surface area contributed by atoms with Crippen molar-refractivity contribution in [1.29, 1.82) is 0 Å². The zero-order valence-electron chi connectivity index (χ0n) is 14.3. The van der Waals surface area contributed by atoms with Crippen LogP contribution in [-0.2, 0) is 0 Å². The maximum atomic E-state index is 12.6. The molecule has 5 rings (SSSR count). The molecule has 0 saturated heterocycles. The second-order valence-corrected chi connectivity index (χ2v) is 6.46. The van der Waals surface area contributed by atoms with Gasteiger partial charge < -0.3 is 5.32 Å². The molecule has 132 valence electrons. The number of hydrogen-bond donors (Lipinski definition) is 1. The second kappa shape index (κ2) is 6.24. The Balaban J connectivity index is 1.41. The number of fused-ring (bicyclic) bond motifs is 1. The first-order chi connectivity index (χ1) is 13.3. The van der Waals surface area contributed by atoms with Crippen LogP contribution in [0.5, 0.6) is 0 Å². The van der Waals surface area contributed by atoms with Crippen LogP contribution >= 0.6 is 0 Å². The van der Waals surface area contributed by atoms with Crippen LogP contribution in [0.25, 0.3) is 22.4 Å². The van der Waals surface area contributed by atoms with Gasteiger partial charge in [0.2, 0.25) is 0 Å². The molecule has 1 aliphatic carbocycles. The van der Waals surface area contributed by atoms with Crippen LogP contribution in [0.2, 0.25) is 0 Å². The van der Waals surface area contributed by atoms with E-state index in [1.165, 1.54) is 6.20 Å². The summed E-state index contributed by atoms with van der Waals surface area (Å²) in [6.45, 7) is 0. The summed E-state index contributed by atoms with van der Waals surface area (Å²) in [7, 11) is 0. The highest BCUT2D eigenvalue weighted by molar-refractivity contribution is 6.03. The first kappa shape index (κ1) is 15.6. The topological polar surface area (TPSA) is 98.5 Å². The number of carbonyl (C=O) groups excluding carboxylic acids is 1. The molecule has 0 spiro atoms. The van der Waals surface area contributed by atoms with E-state index in [0.717, 1.165) is 23.9 Å². The number of carbonyl (C=O) groups is 1. The second-order valence-electron chi connectivity index (χ2n) is 6.46. The molecule has 4 aromatic rings. The van der Waals surface area contributed by atoms with Crippen molar-refractivity contribution in [2.75, 3.05) is 5.32 Å². The molecule has 8 heteroatoms. The van der Waals surface area contributed by atoms with Gasteiger partial charge in [-0.15, -0.1) is 5.10 Å². The van der Waals surface area contributed by atoms with E-state index in [2.05, 4.69) is 30.8 Å². The molecule has 0 atom stereocenters. The molecule has 0 unspecified atom stereocenters. The fraction of sp³-hybridized carbons (Fsp3) is 0.158. The number of nitrogens with zero attached hydrogens (tertiary/aromatic N) is 6. The SMILES string of the molecule is O=C(Nc1cccc(-c2nnnn2C2CC2)c1)c1cnc2ccccc2n1. The molecule has 1 saturated carbocycles. The number of amides is 1. The third-order valence-corrected chi connectivity index (χ3v) is 4.45. The minimum atomic E-state index is -0.313. The molecule has 2 aromatic heterocycles. The molecule has 1 aliphatic rings. The van der Waals surface area contributed by atoms with Gasteiger partial charge in [-0.05, 0) is 47.5 Å². The minimum absolute atomic E-state index is 0.266. The van der Waals surface area contributed by atoms with Crippen LogP contribution in [0.4, 0.5) is 5.69 Å². The maximum absolute atomic E-state index is 12.6. The van der Waals surface area contributed by atoms with Crippen molar-refractivity contribution in [1.82, 2.24) is 30.2 Å². The number of para-hydroxylation sites is 2. The highest BCUT2D eigenvalue weighted by atomic mass is 16.1. The molecule has 0 radical (unpaired) electrons. The normalized spacial score (nSPS) is 13.6. The van der Waals surface area contributed by atoms with Gasteiger partial charge in [0.1, 0.15) is 5.69 Å². The van der Waals surface area contributed by atoms with Crippen LogP contribution in [-0.4, -0.2) is 36.1 Å². The van der Waals surface area contributed by atoms with Crippen LogP contribution in [0.15, 0.2) is 54.7 Å². The van der Waals surface area contributed by atoms with Gasteiger partial charge in [0.05, 0.1) is 23.3 Å². The van der Waals surface area contributed by atoms with Crippen molar-refractivity contribution in [2.24, 2.45) is 0 Å². The van der Waals surface area contributed by atoms with Crippen LogP contribution in [0, 0.1) is 0 Å². The summed E-state index contributed by atoms with van der Waals surface area (Å²) in [6.07, 6.45) is 3.67. The monoisotopic (exact) mass is 357 g/mol. The zero-order chi connectivity index (χ0) is 18.2. The van der Waals surface area contributed by atoms with Crippen molar-refractivity contribution in [3.05, 3.63) is 60.4 Å². The van der Waals surface area contributed by atoms with Gasteiger partial charge in [0, 0.05) is 11.3 Å². The number of rotatable bonds is 4. The fourth-order valence-electron chi connectivity index (χ4n) is 2.95. The average Bonchev–Trinajstić information content (AvgIpc) is 3.44. The summed E-state index contributed by atoms with van der Waals surface area (Å²) in [6, 6.07) is 15.3. The van der Waals surface area contributed by atoms with E-state index in [0.29, 0.717) is 23.1 Å². The van der Waals surface area contributed by atoms with Gasteiger partial charge in [0.15, 0.2) is 5.82 Å². The Bertz CT molecular complexity index is 1150. The van der Waals surface area contributed by atoms with Crippen LogP contribution in [0.3, 0.4) is 0 Å². The van der Waals surface area contributed by atoms with Crippen molar-refractivity contribution in [3.8, 4) is 11.4 Å². The molecular formula is C19H15N7O. The van der Waals surface area contributed by atoms with Gasteiger partial charge >= 0.3 is 0 Å². The summed E-state index contributed by atoms with van der Waals surface area (Å²) < 4.78 is 1.84. The number of anilines is 1. The molecular weight excluding hydrogens is 342 g/mol. The minimum Gasteiger partial charge on any atom is -0.321 e. The third kappa shape index (κ3) is 3.01. The molecule has 2 heterocycles. The number of benzene rings is 2. The molecule has 1 fully saturated rings. The van der Waals surface area contributed by atoms with E-state index in [1.54, 1.807) is 0 Å². The average molecular weight is 357 g/mol. The van der Waals surface area contributed by atoms with E-state index < -0.39 is 0 Å². The van der Waals surface area contributed by atoms with Crippen LogP contribution < -0.4 is 5.32 Å². The summed E-state index contributed by atoms with van der Waals surface area (Å²) in [5.41, 5.74) is 3.21. The highest BCUT2D eigenvalue weighted by Gasteiger charge is 2.28. The lowest BCUT2D eigenvalue weighted by atomic mass is 10.2. The number of hydrogen-bond acceptors (Lipinski definition) is 6. The molecule has 27 heavy (non-hydrogen) atoms. The van der Waals surface area contributed by atoms with Gasteiger partial charge in [-0.1, -0.05) is 24.3 Å². The van der Waals surface area contributed by atoms with E-state index >= 15 is 0 Å². The number of tetrazole rings is 1. The summed E-state index contributed by atoms with van der Waals surface area (Å²) >= 11 is 0. The predicted octanol–water partition coefficient (Wildman–Crippen LogP) is 2.87. The third-order valence-electron chi connectivity index (χ3n) is 4.45. The summed E-state index contributed by atoms with van der Waals surface area (Å²) in [5.74, 6) is 0.395. The van der Waals surface area contributed by atoms with E-state index in [1.807, 2.05) is 53.2 Å². The standard InChI is InChI=1S/C19H15N7O/c27-19(17-11-20-15-6-1-2-7-16(15)22-17)21-13-5-3-4-12(10-13)18-23-24-25-26(18)14-8-9-14/h1-7,10-11,14H,8-9H2,(H,21,27). The molecule has 1 amide bonds. The Kier molecular flexibility index (Phi) is 3.60. The largest absolute Gasteiger partial charge is 0.321 e. The van der Waals surface area contributed by atoms with Crippen molar-refractivity contribution in [2.45, 2.75) is 18.9 Å². The zero-order valence-corrected chi connectivity index (χ0v) is 14.3. The Labute approximate surface area is 154 Å². The molecule has 8 nitrogen and oxygen atoms in total. The summed E-state index contributed by atoms with van der Waals surface area (Å²) in [5, 5.41) is 14.9. The van der Waals surface area contributed by atoms with Crippen molar-refractivity contribution in [3.63, 3.8) is 0 Å². The Morgan fingerprint density at radius 1 is 1.07 bits per heavy atom. The Morgan fingerprint density at radius 3 is 2.78 bits per heavy atom. The maximum Gasteiger partial charge on any atom is 0.275 e. The number of aromatic nitrogens is 6. The van der Waals surface area contributed by atoms with Crippen molar-refractivity contribution < 1.29 is 4.79 Å². The molecule has 0 aliphatic heterocycles. The van der Waals surface area contributed by atoms with Crippen LogP contribution in [0.1, 0.15) is 29.4 Å². The highest BCUT2D eigenvalue weighted by Crippen LogP contribution is 2.36. The first-order valence-electron chi connectivity index (χ1n) is 8.69. The molecule has 1 N–H and O–H groups in total. The first-order valence-corrected chi connectivity index (χ1v) is 8.69. The van der Waals surface area contributed by atoms with Gasteiger partial charge in [-0.2, -0.15) is 0 Å². The Morgan fingerprint density at radius 2 is 1.93 bits per heavy atom. The molecule has 0 bridgehead atoms. The van der Waals surface area contributed by atoms with Gasteiger partial charge in [-0.25, -0.2) is 9.67 Å². The quantitative estimate of drug-likeness (QED) is 0.603. The van der Waals surface area contributed by atoms with Gasteiger partial charge in [-0.3, -0.25) is 9.78 Å². The lowest BCUT2D eigenvalue weighted by molar-refractivity contribution is 0.102. The smallest absolute Gasteiger partial charge is 0.275 e. The van der Waals surface area contributed by atoms with Gasteiger partial charge in [0.25, 0.3) is 5.91 Å². The lowest BCUT2D eigenvalue weighted by Crippen LogP contribution is -2.14. The summed E-state index contributed by atoms with van der Waals surface area (Å²) in [4.78, 5) is 21.2. The number of nitrogens with one attached hydrogen (secondary N) is 1. The molecule has 2 aromatic carbocycles.